The maximum absolute atomic E-state index is 5.55. The summed E-state index contributed by atoms with van der Waals surface area (Å²) in [7, 11) is 0. The van der Waals surface area contributed by atoms with Crippen LogP contribution in [0.1, 0.15) is 31.4 Å². The van der Waals surface area contributed by atoms with E-state index in [9.17, 15) is 0 Å². The van der Waals surface area contributed by atoms with Crippen LogP contribution in [0.3, 0.4) is 0 Å². The van der Waals surface area contributed by atoms with E-state index in [-0.39, 0.29) is 0 Å². The third-order valence-corrected chi connectivity index (χ3v) is 3.97. The van der Waals surface area contributed by atoms with Crippen LogP contribution >= 0.6 is 11.8 Å². The van der Waals surface area contributed by atoms with Crippen molar-refractivity contribution in [3.8, 4) is 0 Å². The fourth-order valence-corrected chi connectivity index (χ4v) is 2.45. The Kier molecular flexibility index (Phi) is 5.81. The van der Waals surface area contributed by atoms with Gasteiger partial charge in [-0.1, -0.05) is 44.5 Å². The molecule has 0 aliphatic carbocycles. The van der Waals surface area contributed by atoms with Crippen LogP contribution in [0.4, 0.5) is 0 Å². The Labute approximate surface area is 97.4 Å². The Morgan fingerprint density at radius 2 is 1.80 bits per heavy atom. The summed E-state index contributed by atoms with van der Waals surface area (Å²) in [6.45, 7) is 5.20. The van der Waals surface area contributed by atoms with Crippen molar-refractivity contribution in [3.63, 3.8) is 0 Å². The van der Waals surface area contributed by atoms with E-state index in [1.165, 1.54) is 23.3 Å². The minimum atomic E-state index is 0.639. The highest BCUT2D eigenvalue weighted by atomic mass is 32.2. The number of thioether (sulfide) groups is 1. The number of nitrogens with two attached hydrogens (primary N) is 1. The Hall–Kier alpha value is -0.470. The Bertz CT molecular complexity index is 268. The summed E-state index contributed by atoms with van der Waals surface area (Å²) in [5.74, 6) is 3.21. The monoisotopic (exact) mass is 223 g/mol. The number of hydrogen-bond acceptors (Lipinski definition) is 2. The van der Waals surface area contributed by atoms with E-state index in [0.29, 0.717) is 6.54 Å². The van der Waals surface area contributed by atoms with Gasteiger partial charge in [-0.15, -0.1) is 0 Å². The largest absolute Gasteiger partial charge is 0.326 e. The van der Waals surface area contributed by atoms with Gasteiger partial charge >= 0.3 is 0 Å². The van der Waals surface area contributed by atoms with Crippen LogP contribution in [-0.2, 0) is 12.3 Å². The number of benzene rings is 1. The number of hydrogen-bond donors (Lipinski definition) is 1. The van der Waals surface area contributed by atoms with E-state index in [2.05, 4.69) is 38.1 Å². The lowest BCUT2D eigenvalue weighted by molar-refractivity contribution is 0.637. The lowest BCUT2D eigenvalue weighted by Gasteiger charge is -2.07. The van der Waals surface area contributed by atoms with Crippen LogP contribution in [0.15, 0.2) is 24.3 Å². The van der Waals surface area contributed by atoms with Gasteiger partial charge in [0.2, 0.25) is 0 Å². The molecule has 84 valence electrons. The molecule has 0 radical (unpaired) electrons. The third kappa shape index (κ3) is 4.72. The maximum Gasteiger partial charge on any atom is 0.0184 e. The van der Waals surface area contributed by atoms with Gasteiger partial charge < -0.3 is 5.73 Å². The first kappa shape index (κ1) is 12.6. The highest BCUT2D eigenvalue weighted by molar-refractivity contribution is 7.98. The zero-order chi connectivity index (χ0) is 11.1. The molecule has 0 amide bonds. The predicted octanol–water partition coefficient (Wildman–Crippen LogP) is 3.42. The van der Waals surface area contributed by atoms with E-state index < -0.39 is 0 Å². The summed E-state index contributed by atoms with van der Waals surface area (Å²) in [5.41, 5.74) is 8.17. The van der Waals surface area contributed by atoms with Crippen LogP contribution in [0.25, 0.3) is 0 Å². The topological polar surface area (TPSA) is 26.0 Å². The molecule has 0 fully saturated rings. The second-order valence-corrected chi connectivity index (χ2v) is 5.08. The second-order valence-electron chi connectivity index (χ2n) is 4.05. The van der Waals surface area contributed by atoms with Crippen LogP contribution in [0, 0.1) is 5.92 Å². The van der Waals surface area contributed by atoms with Crippen molar-refractivity contribution in [2.24, 2.45) is 11.7 Å². The first-order valence-electron chi connectivity index (χ1n) is 5.62. The molecule has 2 heteroatoms. The molecule has 0 bridgehead atoms. The van der Waals surface area contributed by atoms with E-state index in [4.69, 9.17) is 5.73 Å². The average molecular weight is 223 g/mol. The third-order valence-electron chi connectivity index (χ3n) is 2.63. The molecule has 0 aliphatic heterocycles. The van der Waals surface area contributed by atoms with Gasteiger partial charge in [0.1, 0.15) is 0 Å². The molecule has 1 rings (SSSR count). The second kappa shape index (κ2) is 6.91. The first-order valence-corrected chi connectivity index (χ1v) is 6.77. The molecule has 1 atom stereocenters. The molecule has 1 aromatic rings. The van der Waals surface area contributed by atoms with Gasteiger partial charge in [0.15, 0.2) is 0 Å². The minimum Gasteiger partial charge on any atom is -0.326 e. The summed E-state index contributed by atoms with van der Waals surface area (Å²) >= 11 is 2.02. The van der Waals surface area contributed by atoms with Gasteiger partial charge in [-0.2, -0.15) is 11.8 Å². The molecule has 0 saturated heterocycles. The molecule has 0 heterocycles. The zero-order valence-electron chi connectivity index (χ0n) is 9.70. The first-order chi connectivity index (χ1) is 7.26. The van der Waals surface area contributed by atoms with Crippen LogP contribution < -0.4 is 5.73 Å². The Balaban J connectivity index is 2.31. The van der Waals surface area contributed by atoms with Crippen molar-refractivity contribution < 1.29 is 0 Å². The van der Waals surface area contributed by atoms with Crippen molar-refractivity contribution in [2.75, 3.05) is 5.75 Å². The van der Waals surface area contributed by atoms with Gasteiger partial charge in [0.25, 0.3) is 0 Å². The van der Waals surface area contributed by atoms with Gasteiger partial charge in [0.05, 0.1) is 0 Å². The zero-order valence-corrected chi connectivity index (χ0v) is 10.5. The highest BCUT2D eigenvalue weighted by Crippen LogP contribution is 2.17. The molecular formula is C13H21NS. The smallest absolute Gasteiger partial charge is 0.0184 e. The Morgan fingerprint density at radius 1 is 1.20 bits per heavy atom. The normalized spacial score (nSPS) is 12.7. The lowest BCUT2D eigenvalue weighted by atomic mass is 10.1. The summed E-state index contributed by atoms with van der Waals surface area (Å²) in [6, 6.07) is 8.62. The van der Waals surface area contributed by atoms with E-state index >= 15 is 0 Å². The van der Waals surface area contributed by atoms with E-state index in [1.807, 2.05) is 11.8 Å². The van der Waals surface area contributed by atoms with Crippen LogP contribution in [-0.4, -0.2) is 5.75 Å². The highest BCUT2D eigenvalue weighted by Gasteiger charge is 1.99. The summed E-state index contributed by atoms with van der Waals surface area (Å²) in [6.07, 6.45) is 1.28. The molecular weight excluding hydrogens is 202 g/mol. The van der Waals surface area contributed by atoms with Gasteiger partial charge in [-0.3, -0.25) is 0 Å². The predicted molar refractivity (Wildman–Crippen MR) is 70.0 cm³/mol. The quantitative estimate of drug-likeness (QED) is 0.799. The standard InChI is InChI=1S/C13H21NS/c1-3-11(2)9-15-10-13-6-4-12(8-14)5-7-13/h4-7,11H,3,8-10,14H2,1-2H3. The summed E-state index contributed by atoms with van der Waals surface area (Å²) in [5, 5.41) is 0. The minimum absolute atomic E-state index is 0.639. The Morgan fingerprint density at radius 3 is 2.33 bits per heavy atom. The van der Waals surface area contributed by atoms with Crippen molar-refractivity contribution in [1.82, 2.24) is 0 Å². The molecule has 1 aromatic carbocycles. The van der Waals surface area contributed by atoms with E-state index in [1.54, 1.807) is 0 Å². The lowest BCUT2D eigenvalue weighted by Crippen LogP contribution is -1.97. The molecule has 0 aliphatic rings. The van der Waals surface area contributed by atoms with Gasteiger partial charge in [-0.25, -0.2) is 0 Å². The van der Waals surface area contributed by atoms with Crippen LogP contribution in [0.5, 0.6) is 0 Å². The molecule has 0 spiro atoms. The molecule has 15 heavy (non-hydrogen) atoms. The summed E-state index contributed by atoms with van der Waals surface area (Å²) < 4.78 is 0. The number of rotatable bonds is 6. The fraction of sp³-hybridized carbons (Fsp3) is 0.538. The molecule has 1 unspecified atom stereocenters. The van der Waals surface area contributed by atoms with Crippen molar-refractivity contribution in [3.05, 3.63) is 35.4 Å². The summed E-state index contributed by atoms with van der Waals surface area (Å²) in [4.78, 5) is 0. The van der Waals surface area contributed by atoms with Crippen LogP contribution in [0.2, 0.25) is 0 Å². The fourth-order valence-electron chi connectivity index (χ4n) is 1.27. The van der Waals surface area contributed by atoms with Crippen molar-refractivity contribution >= 4 is 11.8 Å². The molecule has 0 saturated carbocycles. The van der Waals surface area contributed by atoms with Crippen molar-refractivity contribution in [1.29, 1.82) is 0 Å². The average Bonchev–Trinajstić information content (AvgIpc) is 2.29. The van der Waals surface area contributed by atoms with E-state index in [0.717, 1.165) is 11.7 Å². The van der Waals surface area contributed by atoms with Gasteiger partial charge in [0, 0.05) is 12.3 Å². The molecule has 2 N–H and O–H groups in total. The molecule has 1 nitrogen and oxygen atoms in total. The van der Waals surface area contributed by atoms with Crippen molar-refractivity contribution in [2.45, 2.75) is 32.6 Å². The SMILES string of the molecule is CCC(C)CSCc1ccc(CN)cc1. The van der Waals surface area contributed by atoms with Gasteiger partial charge in [-0.05, 0) is 22.8 Å². The molecule has 0 aromatic heterocycles. The maximum atomic E-state index is 5.55.